The van der Waals surface area contributed by atoms with E-state index in [1.54, 1.807) is 0 Å². The third-order valence-corrected chi connectivity index (χ3v) is 4.10. The van der Waals surface area contributed by atoms with Gasteiger partial charge in [-0.3, -0.25) is 9.69 Å². The van der Waals surface area contributed by atoms with E-state index < -0.39 is 0 Å². The number of piperazine rings is 1. The first-order valence-electron chi connectivity index (χ1n) is 8.28. The Morgan fingerprint density at radius 2 is 1.88 bits per heavy atom. The third-order valence-electron chi connectivity index (χ3n) is 4.10. The summed E-state index contributed by atoms with van der Waals surface area (Å²) in [4.78, 5) is 14.4. The van der Waals surface area contributed by atoms with E-state index >= 15 is 0 Å². The molecule has 1 aliphatic rings. The van der Waals surface area contributed by atoms with Gasteiger partial charge < -0.3 is 15.4 Å². The number of ether oxygens (including phenoxy) is 1. The molecule has 0 bridgehead atoms. The zero-order valence-electron chi connectivity index (χ0n) is 13.9. The molecule has 1 saturated heterocycles. The monoisotopic (exact) mass is 325 g/mol. The van der Waals surface area contributed by atoms with E-state index in [2.05, 4.69) is 22.5 Å². The molecule has 1 heterocycles. The van der Waals surface area contributed by atoms with Gasteiger partial charge >= 0.3 is 0 Å². The number of para-hydroxylation sites is 1. The second-order valence-corrected chi connectivity index (χ2v) is 6.01. The first-order chi connectivity index (χ1) is 11.7. The number of nitrogens with one attached hydrogen (secondary N) is 2. The molecule has 0 aliphatic carbocycles. The fourth-order valence-electron chi connectivity index (χ4n) is 2.73. The largest absolute Gasteiger partial charge is 0.457 e. The molecular formula is C19H23N3O2. The first-order valence-corrected chi connectivity index (χ1v) is 8.28. The molecule has 5 heteroatoms. The summed E-state index contributed by atoms with van der Waals surface area (Å²) < 4.78 is 5.75. The van der Waals surface area contributed by atoms with Crippen molar-refractivity contribution in [2.24, 2.45) is 0 Å². The quantitative estimate of drug-likeness (QED) is 0.887. The molecular weight excluding hydrogens is 302 g/mol. The highest BCUT2D eigenvalue weighted by atomic mass is 16.5. The van der Waals surface area contributed by atoms with Crippen molar-refractivity contribution in [1.29, 1.82) is 0 Å². The number of carbonyl (C=O) groups excluding carboxylic acids is 1. The average Bonchev–Trinajstić information content (AvgIpc) is 2.60. The molecule has 0 aromatic heterocycles. The Balaban J connectivity index is 1.53. The lowest BCUT2D eigenvalue weighted by Crippen LogP contribution is -2.51. The third kappa shape index (κ3) is 4.57. The minimum absolute atomic E-state index is 0.0143. The fourth-order valence-corrected chi connectivity index (χ4v) is 2.73. The number of amides is 1. The summed E-state index contributed by atoms with van der Waals surface area (Å²) in [6.45, 7) is 5.32. The van der Waals surface area contributed by atoms with Gasteiger partial charge in [-0.2, -0.15) is 0 Å². The maximum atomic E-state index is 12.2. The Bertz CT molecular complexity index is 658. The van der Waals surface area contributed by atoms with Crippen LogP contribution in [-0.2, 0) is 4.79 Å². The molecule has 24 heavy (non-hydrogen) atoms. The van der Waals surface area contributed by atoms with Crippen molar-refractivity contribution in [3.05, 3.63) is 54.6 Å². The van der Waals surface area contributed by atoms with E-state index in [1.165, 1.54) is 0 Å². The second-order valence-electron chi connectivity index (χ2n) is 6.01. The number of nitrogens with zero attached hydrogens (tertiary/aromatic N) is 1. The minimum Gasteiger partial charge on any atom is -0.457 e. The fraction of sp³-hybridized carbons (Fsp3) is 0.316. The lowest BCUT2D eigenvalue weighted by molar-refractivity contribution is -0.118. The Labute approximate surface area is 142 Å². The van der Waals surface area contributed by atoms with Crippen LogP contribution in [0.1, 0.15) is 6.92 Å². The molecule has 2 aromatic rings. The minimum atomic E-state index is 0.0143. The summed E-state index contributed by atoms with van der Waals surface area (Å²) >= 11 is 0. The van der Waals surface area contributed by atoms with Crippen molar-refractivity contribution >= 4 is 11.6 Å². The summed E-state index contributed by atoms with van der Waals surface area (Å²) in [6, 6.07) is 17.4. The van der Waals surface area contributed by atoms with Gasteiger partial charge in [0.2, 0.25) is 5.91 Å². The van der Waals surface area contributed by atoms with Crippen LogP contribution in [0.5, 0.6) is 11.5 Å². The van der Waals surface area contributed by atoms with Crippen molar-refractivity contribution in [2.45, 2.75) is 13.0 Å². The van der Waals surface area contributed by atoms with Gasteiger partial charge in [0.15, 0.2) is 0 Å². The molecule has 2 N–H and O–H groups in total. The summed E-state index contributed by atoms with van der Waals surface area (Å²) in [5.74, 6) is 1.55. The molecule has 1 fully saturated rings. The molecule has 1 atom stereocenters. The topological polar surface area (TPSA) is 53.6 Å². The van der Waals surface area contributed by atoms with E-state index in [9.17, 15) is 4.79 Å². The maximum Gasteiger partial charge on any atom is 0.238 e. The van der Waals surface area contributed by atoms with E-state index in [0.717, 1.165) is 36.8 Å². The van der Waals surface area contributed by atoms with E-state index in [0.29, 0.717) is 12.6 Å². The average molecular weight is 325 g/mol. The van der Waals surface area contributed by atoms with Crippen LogP contribution in [0.25, 0.3) is 0 Å². The first kappa shape index (κ1) is 16.5. The van der Waals surface area contributed by atoms with E-state index in [4.69, 9.17) is 4.74 Å². The van der Waals surface area contributed by atoms with Crippen LogP contribution >= 0.6 is 0 Å². The van der Waals surface area contributed by atoms with Crippen LogP contribution in [0, 0.1) is 0 Å². The molecule has 126 valence electrons. The zero-order valence-corrected chi connectivity index (χ0v) is 13.9. The number of hydrogen-bond acceptors (Lipinski definition) is 4. The van der Waals surface area contributed by atoms with Gasteiger partial charge in [0.1, 0.15) is 11.5 Å². The standard InChI is InChI=1S/C19H23N3O2/c1-15-13-20-11-12-22(15)14-19(23)21-16-7-9-18(10-8-16)24-17-5-3-2-4-6-17/h2-10,15,20H,11-14H2,1H3,(H,21,23). The summed E-state index contributed by atoms with van der Waals surface area (Å²) in [6.07, 6.45) is 0. The lowest BCUT2D eigenvalue weighted by atomic mass is 10.2. The van der Waals surface area contributed by atoms with Gasteiger partial charge in [-0.1, -0.05) is 18.2 Å². The van der Waals surface area contributed by atoms with Crippen molar-refractivity contribution in [1.82, 2.24) is 10.2 Å². The summed E-state index contributed by atoms with van der Waals surface area (Å²) in [5, 5.41) is 6.27. The summed E-state index contributed by atoms with van der Waals surface area (Å²) in [7, 11) is 0. The number of hydrogen-bond donors (Lipinski definition) is 2. The number of carbonyl (C=O) groups is 1. The highest BCUT2D eigenvalue weighted by molar-refractivity contribution is 5.92. The maximum absolute atomic E-state index is 12.2. The highest BCUT2D eigenvalue weighted by Crippen LogP contribution is 2.22. The molecule has 3 rings (SSSR count). The van der Waals surface area contributed by atoms with Gasteiger partial charge in [-0.25, -0.2) is 0 Å². The van der Waals surface area contributed by atoms with Crippen LogP contribution in [0.15, 0.2) is 54.6 Å². The van der Waals surface area contributed by atoms with Crippen LogP contribution in [0.3, 0.4) is 0 Å². The predicted molar refractivity (Wildman–Crippen MR) is 95.5 cm³/mol. The molecule has 0 radical (unpaired) electrons. The highest BCUT2D eigenvalue weighted by Gasteiger charge is 2.20. The zero-order chi connectivity index (χ0) is 16.8. The lowest BCUT2D eigenvalue weighted by Gasteiger charge is -2.33. The molecule has 0 saturated carbocycles. The van der Waals surface area contributed by atoms with Crippen LogP contribution in [0.4, 0.5) is 5.69 Å². The Kier molecular flexibility index (Phi) is 5.46. The Morgan fingerprint density at radius 1 is 1.17 bits per heavy atom. The van der Waals surface area contributed by atoms with Crippen molar-refractivity contribution in [2.75, 3.05) is 31.5 Å². The number of anilines is 1. The molecule has 1 unspecified atom stereocenters. The van der Waals surface area contributed by atoms with Crippen molar-refractivity contribution in [3.8, 4) is 11.5 Å². The van der Waals surface area contributed by atoms with Gasteiger partial charge in [-0.05, 0) is 43.3 Å². The van der Waals surface area contributed by atoms with Crippen LogP contribution in [-0.4, -0.2) is 43.0 Å². The molecule has 1 amide bonds. The van der Waals surface area contributed by atoms with Gasteiger partial charge in [0, 0.05) is 31.4 Å². The van der Waals surface area contributed by atoms with Gasteiger partial charge in [-0.15, -0.1) is 0 Å². The van der Waals surface area contributed by atoms with Gasteiger partial charge in [0.05, 0.1) is 6.54 Å². The normalized spacial score (nSPS) is 18.1. The molecule has 0 spiro atoms. The number of rotatable bonds is 5. The molecule has 2 aromatic carbocycles. The molecule has 5 nitrogen and oxygen atoms in total. The van der Waals surface area contributed by atoms with Crippen molar-refractivity contribution < 1.29 is 9.53 Å². The van der Waals surface area contributed by atoms with E-state index in [1.807, 2.05) is 54.6 Å². The van der Waals surface area contributed by atoms with Crippen molar-refractivity contribution in [3.63, 3.8) is 0 Å². The van der Waals surface area contributed by atoms with Crippen LogP contribution < -0.4 is 15.4 Å². The second kappa shape index (κ2) is 7.95. The van der Waals surface area contributed by atoms with Crippen LogP contribution in [0.2, 0.25) is 0 Å². The van der Waals surface area contributed by atoms with Gasteiger partial charge in [0.25, 0.3) is 0 Å². The smallest absolute Gasteiger partial charge is 0.238 e. The SMILES string of the molecule is CC1CNCCN1CC(=O)Nc1ccc(Oc2ccccc2)cc1. The van der Waals surface area contributed by atoms with E-state index in [-0.39, 0.29) is 5.91 Å². The summed E-state index contributed by atoms with van der Waals surface area (Å²) in [5.41, 5.74) is 0.781. The number of benzene rings is 2. The Morgan fingerprint density at radius 3 is 2.58 bits per heavy atom. The predicted octanol–water partition coefficient (Wildman–Crippen LogP) is 2.71. The molecule has 1 aliphatic heterocycles. The Hall–Kier alpha value is -2.37.